The second-order valence-electron chi connectivity index (χ2n) is 3.16. The van der Waals surface area contributed by atoms with Crippen molar-refractivity contribution in [2.24, 2.45) is 0 Å². The summed E-state index contributed by atoms with van der Waals surface area (Å²) in [6.45, 7) is 0. The van der Waals surface area contributed by atoms with E-state index in [1.54, 1.807) is 24.0 Å². The van der Waals surface area contributed by atoms with E-state index in [0.29, 0.717) is 5.56 Å². The first-order chi connectivity index (χ1) is 7.79. The maximum absolute atomic E-state index is 11.2. The highest BCUT2D eigenvalue weighted by Crippen LogP contribution is 2.26. The topological polar surface area (TPSA) is 42.1 Å². The van der Waals surface area contributed by atoms with Gasteiger partial charge in [0.2, 0.25) is 0 Å². The van der Waals surface area contributed by atoms with Crippen molar-refractivity contribution in [3.05, 3.63) is 48.2 Å². The minimum absolute atomic E-state index is 0.323. The Bertz CT molecular complexity index is 479. The highest BCUT2D eigenvalue weighted by Gasteiger charge is 2.08. The molecule has 1 N–H and O–H groups in total. The average Bonchev–Trinajstić information content (AvgIpc) is 2.78. The number of hydrogen-bond donors (Lipinski definition) is 1. The predicted molar refractivity (Wildman–Crippen MR) is 62.7 cm³/mol. The highest BCUT2D eigenvalue weighted by atomic mass is 32.2. The molecule has 1 aromatic carbocycles. The Morgan fingerprint density at radius 1 is 1.31 bits per heavy atom. The standard InChI is InChI=1S/C12H11NO2S/c1-15-12(14)9-7-11(13-8-9)16-10-5-3-2-4-6-10/h2-8,13H,1H3. The molecule has 4 heteroatoms. The summed E-state index contributed by atoms with van der Waals surface area (Å²) in [5.41, 5.74) is 0.543. The number of methoxy groups -OCH3 is 1. The number of aromatic nitrogens is 1. The number of carbonyl (C=O) groups is 1. The number of aromatic amines is 1. The van der Waals surface area contributed by atoms with E-state index in [4.69, 9.17) is 0 Å². The zero-order valence-corrected chi connectivity index (χ0v) is 9.58. The van der Waals surface area contributed by atoms with Crippen LogP contribution in [0.3, 0.4) is 0 Å². The summed E-state index contributed by atoms with van der Waals surface area (Å²) in [5, 5.41) is 0.923. The van der Waals surface area contributed by atoms with Gasteiger partial charge in [-0.25, -0.2) is 4.79 Å². The molecule has 0 radical (unpaired) electrons. The molecule has 3 nitrogen and oxygen atoms in total. The number of esters is 1. The van der Waals surface area contributed by atoms with Crippen LogP contribution in [0.1, 0.15) is 10.4 Å². The molecule has 0 unspecified atom stereocenters. The second kappa shape index (κ2) is 4.90. The van der Waals surface area contributed by atoms with Gasteiger partial charge < -0.3 is 9.72 Å². The Labute approximate surface area is 97.8 Å². The number of rotatable bonds is 3. The molecule has 0 aliphatic heterocycles. The number of benzene rings is 1. The van der Waals surface area contributed by atoms with E-state index < -0.39 is 0 Å². The molecular formula is C12H11NO2S. The molecule has 1 aromatic heterocycles. The quantitative estimate of drug-likeness (QED) is 0.829. The summed E-state index contributed by atoms with van der Waals surface area (Å²) in [7, 11) is 1.37. The number of carbonyl (C=O) groups excluding carboxylic acids is 1. The molecule has 0 bridgehead atoms. The second-order valence-corrected chi connectivity index (χ2v) is 4.27. The molecular weight excluding hydrogens is 222 g/mol. The van der Waals surface area contributed by atoms with Crippen molar-refractivity contribution in [2.75, 3.05) is 7.11 Å². The number of H-pyrrole nitrogens is 1. The zero-order chi connectivity index (χ0) is 11.4. The van der Waals surface area contributed by atoms with Crippen molar-refractivity contribution in [1.82, 2.24) is 4.98 Å². The molecule has 0 amide bonds. The lowest BCUT2D eigenvalue weighted by Crippen LogP contribution is -1.98. The van der Waals surface area contributed by atoms with Gasteiger partial charge in [-0.05, 0) is 18.2 Å². The number of nitrogens with one attached hydrogen (secondary N) is 1. The molecule has 16 heavy (non-hydrogen) atoms. The fourth-order valence-electron chi connectivity index (χ4n) is 1.28. The Hall–Kier alpha value is -1.68. The number of ether oxygens (including phenoxy) is 1. The maximum atomic E-state index is 11.2. The van der Waals surface area contributed by atoms with Crippen LogP contribution in [0, 0.1) is 0 Å². The maximum Gasteiger partial charge on any atom is 0.339 e. The molecule has 0 atom stereocenters. The molecule has 0 saturated carbocycles. The first-order valence-electron chi connectivity index (χ1n) is 4.79. The fourth-order valence-corrected chi connectivity index (χ4v) is 2.13. The van der Waals surface area contributed by atoms with E-state index in [9.17, 15) is 4.79 Å². The molecule has 0 aliphatic rings. The normalized spacial score (nSPS) is 10.1. The molecule has 0 saturated heterocycles. The third-order valence-electron chi connectivity index (χ3n) is 2.05. The summed E-state index contributed by atoms with van der Waals surface area (Å²) in [6.07, 6.45) is 1.65. The summed E-state index contributed by atoms with van der Waals surface area (Å²) in [5.74, 6) is -0.323. The first kappa shape index (κ1) is 10.8. The minimum atomic E-state index is -0.323. The molecule has 2 rings (SSSR count). The van der Waals surface area contributed by atoms with E-state index in [1.165, 1.54) is 7.11 Å². The van der Waals surface area contributed by atoms with E-state index in [1.807, 2.05) is 30.3 Å². The summed E-state index contributed by atoms with van der Waals surface area (Å²) in [6, 6.07) is 11.7. The molecule has 1 heterocycles. The van der Waals surface area contributed by atoms with Crippen LogP contribution in [-0.2, 0) is 4.74 Å². The van der Waals surface area contributed by atoms with Gasteiger partial charge in [0.05, 0.1) is 17.7 Å². The van der Waals surface area contributed by atoms with Gasteiger partial charge in [-0.15, -0.1) is 0 Å². The van der Waals surface area contributed by atoms with Gasteiger partial charge in [-0.1, -0.05) is 30.0 Å². The van der Waals surface area contributed by atoms with Crippen LogP contribution in [0.25, 0.3) is 0 Å². The Balaban J connectivity index is 2.12. The van der Waals surface area contributed by atoms with Gasteiger partial charge in [0.1, 0.15) is 0 Å². The van der Waals surface area contributed by atoms with Crippen molar-refractivity contribution in [3.63, 3.8) is 0 Å². The van der Waals surface area contributed by atoms with E-state index in [2.05, 4.69) is 9.72 Å². The largest absolute Gasteiger partial charge is 0.465 e. The van der Waals surface area contributed by atoms with Crippen LogP contribution in [0.2, 0.25) is 0 Å². The molecule has 0 spiro atoms. The van der Waals surface area contributed by atoms with Crippen LogP contribution in [0.5, 0.6) is 0 Å². The van der Waals surface area contributed by atoms with Crippen LogP contribution in [-0.4, -0.2) is 18.1 Å². The zero-order valence-electron chi connectivity index (χ0n) is 8.77. The SMILES string of the molecule is COC(=O)c1c[nH]c(Sc2ccccc2)c1. The van der Waals surface area contributed by atoms with Gasteiger partial charge in [0.15, 0.2) is 0 Å². The van der Waals surface area contributed by atoms with Gasteiger partial charge in [0, 0.05) is 11.1 Å². The van der Waals surface area contributed by atoms with Crippen molar-refractivity contribution in [2.45, 2.75) is 9.92 Å². The van der Waals surface area contributed by atoms with Crippen molar-refractivity contribution < 1.29 is 9.53 Å². The monoisotopic (exact) mass is 233 g/mol. The molecule has 82 valence electrons. The third-order valence-corrected chi connectivity index (χ3v) is 3.01. The van der Waals surface area contributed by atoms with Crippen LogP contribution < -0.4 is 0 Å². The van der Waals surface area contributed by atoms with Crippen LogP contribution >= 0.6 is 11.8 Å². The van der Waals surface area contributed by atoms with Crippen molar-refractivity contribution in [3.8, 4) is 0 Å². The fraction of sp³-hybridized carbons (Fsp3) is 0.0833. The Morgan fingerprint density at radius 3 is 2.75 bits per heavy atom. The van der Waals surface area contributed by atoms with Crippen LogP contribution in [0.15, 0.2) is 52.5 Å². The predicted octanol–water partition coefficient (Wildman–Crippen LogP) is 2.95. The van der Waals surface area contributed by atoms with Crippen molar-refractivity contribution >= 4 is 17.7 Å². The molecule has 2 aromatic rings. The smallest absolute Gasteiger partial charge is 0.339 e. The number of hydrogen-bond acceptors (Lipinski definition) is 3. The van der Waals surface area contributed by atoms with Crippen LogP contribution in [0.4, 0.5) is 0 Å². The first-order valence-corrected chi connectivity index (χ1v) is 5.61. The Kier molecular flexibility index (Phi) is 3.31. The summed E-state index contributed by atoms with van der Waals surface area (Å²) >= 11 is 1.57. The lowest BCUT2D eigenvalue weighted by Gasteiger charge is -1.96. The highest BCUT2D eigenvalue weighted by molar-refractivity contribution is 7.99. The van der Waals surface area contributed by atoms with E-state index >= 15 is 0 Å². The van der Waals surface area contributed by atoms with Gasteiger partial charge in [0.25, 0.3) is 0 Å². The lowest BCUT2D eigenvalue weighted by molar-refractivity contribution is 0.0601. The third kappa shape index (κ3) is 2.46. The van der Waals surface area contributed by atoms with Crippen molar-refractivity contribution in [1.29, 1.82) is 0 Å². The molecule has 0 fully saturated rings. The Morgan fingerprint density at radius 2 is 2.06 bits per heavy atom. The minimum Gasteiger partial charge on any atom is -0.465 e. The van der Waals surface area contributed by atoms with Gasteiger partial charge >= 0.3 is 5.97 Å². The van der Waals surface area contributed by atoms with E-state index in [-0.39, 0.29) is 5.97 Å². The molecule has 0 aliphatic carbocycles. The lowest BCUT2D eigenvalue weighted by atomic mass is 10.3. The van der Waals surface area contributed by atoms with Gasteiger partial charge in [-0.3, -0.25) is 0 Å². The summed E-state index contributed by atoms with van der Waals surface area (Å²) in [4.78, 5) is 15.4. The van der Waals surface area contributed by atoms with Gasteiger partial charge in [-0.2, -0.15) is 0 Å². The average molecular weight is 233 g/mol. The van der Waals surface area contributed by atoms with E-state index in [0.717, 1.165) is 9.92 Å². The summed E-state index contributed by atoms with van der Waals surface area (Å²) < 4.78 is 4.63.